The van der Waals surface area contributed by atoms with E-state index in [0.29, 0.717) is 10.8 Å². The van der Waals surface area contributed by atoms with Gasteiger partial charge in [0.2, 0.25) is 0 Å². The topological polar surface area (TPSA) is 84.7 Å². The van der Waals surface area contributed by atoms with Gasteiger partial charge in [0, 0.05) is 6.20 Å². The molecule has 0 aliphatic rings. The molecular formula is C8H8N4OS. The van der Waals surface area contributed by atoms with Crippen LogP contribution in [0.1, 0.15) is 5.69 Å². The van der Waals surface area contributed by atoms with Crippen LogP contribution in [-0.2, 0) is 0 Å². The first-order chi connectivity index (χ1) is 6.66. The van der Waals surface area contributed by atoms with E-state index in [2.05, 4.69) is 15.0 Å². The van der Waals surface area contributed by atoms with E-state index in [1.165, 1.54) is 17.5 Å². The van der Waals surface area contributed by atoms with Crippen LogP contribution in [0.15, 0.2) is 17.1 Å². The van der Waals surface area contributed by atoms with Gasteiger partial charge >= 0.3 is 5.69 Å². The number of thiazole rings is 1. The number of nitrogens with two attached hydrogens (primary N) is 1. The number of anilines is 1. The van der Waals surface area contributed by atoms with Crippen molar-refractivity contribution in [3.8, 4) is 10.6 Å². The zero-order valence-electron chi connectivity index (χ0n) is 7.44. The normalized spacial score (nSPS) is 10.4. The highest BCUT2D eigenvalue weighted by Gasteiger charge is 2.08. The third-order valence-electron chi connectivity index (χ3n) is 1.73. The van der Waals surface area contributed by atoms with E-state index < -0.39 is 0 Å². The van der Waals surface area contributed by atoms with Crippen LogP contribution in [0.5, 0.6) is 0 Å². The molecule has 0 unspecified atom stereocenters. The van der Waals surface area contributed by atoms with Crippen molar-refractivity contribution in [1.29, 1.82) is 0 Å². The number of hydrogen-bond acceptors (Lipinski definition) is 5. The second kappa shape index (κ2) is 3.22. The Bertz CT molecular complexity index is 516. The first-order valence-corrected chi connectivity index (χ1v) is 4.77. The molecule has 0 spiro atoms. The van der Waals surface area contributed by atoms with Crippen LogP contribution in [-0.4, -0.2) is 15.0 Å². The molecule has 0 bridgehead atoms. The van der Waals surface area contributed by atoms with Gasteiger partial charge in [0.25, 0.3) is 0 Å². The second-order valence-corrected chi connectivity index (χ2v) is 3.79. The van der Waals surface area contributed by atoms with E-state index in [-0.39, 0.29) is 5.69 Å². The first kappa shape index (κ1) is 8.89. The highest BCUT2D eigenvalue weighted by molar-refractivity contribution is 7.18. The van der Waals surface area contributed by atoms with Gasteiger partial charge in [-0.05, 0) is 13.0 Å². The molecule has 2 aromatic rings. The Morgan fingerprint density at radius 2 is 2.36 bits per heavy atom. The summed E-state index contributed by atoms with van der Waals surface area (Å²) in [6, 6.07) is 1.72. The van der Waals surface area contributed by atoms with Gasteiger partial charge in [0.05, 0.1) is 16.3 Å². The van der Waals surface area contributed by atoms with Crippen LogP contribution < -0.4 is 11.4 Å². The van der Waals surface area contributed by atoms with Crippen LogP contribution >= 0.6 is 11.3 Å². The summed E-state index contributed by atoms with van der Waals surface area (Å²) in [4.78, 5) is 22.1. The number of rotatable bonds is 1. The van der Waals surface area contributed by atoms with E-state index in [1.807, 2.05) is 6.92 Å². The van der Waals surface area contributed by atoms with Crippen LogP contribution in [0.2, 0.25) is 0 Å². The highest BCUT2D eigenvalue weighted by atomic mass is 32.1. The minimum Gasteiger partial charge on any atom is -0.375 e. The standard InChI is InChI=1S/C8H8N4OS/c1-4-6(14-7(9)11-4)5-2-3-10-8(13)12-5/h2-3H,1H3,(H2,9,11)(H,10,12,13). The number of nitrogens with one attached hydrogen (secondary N) is 1. The Morgan fingerprint density at radius 1 is 1.57 bits per heavy atom. The lowest BCUT2D eigenvalue weighted by Gasteiger charge is -1.95. The molecule has 0 aromatic carbocycles. The molecule has 0 atom stereocenters. The number of nitrogens with zero attached hydrogens (tertiary/aromatic N) is 2. The summed E-state index contributed by atoms with van der Waals surface area (Å²) in [6.45, 7) is 1.85. The number of H-pyrrole nitrogens is 1. The van der Waals surface area contributed by atoms with Crippen molar-refractivity contribution in [1.82, 2.24) is 15.0 Å². The van der Waals surface area contributed by atoms with Crippen molar-refractivity contribution >= 4 is 16.5 Å². The van der Waals surface area contributed by atoms with E-state index >= 15 is 0 Å². The number of aryl methyl sites for hydroxylation is 1. The number of aromatic amines is 1. The Morgan fingerprint density at radius 3 is 2.93 bits per heavy atom. The van der Waals surface area contributed by atoms with Crippen LogP contribution in [0.4, 0.5) is 5.13 Å². The highest BCUT2D eigenvalue weighted by Crippen LogP contribution is 2.28. The summed E-state index contributed by atoms with van der Waals surface area (Å²) in [6.07, 6.45) is 1.46. The lowest BCUT2D eigenvalue weighted by Crippen LogP contribution is -2.09. The van der Waals surface area contributed by atoms with Gasteiger partial charge in [-0.3, -0.25) is 0 Å². The Kier molecular flexibility index (Phi) is 2.05. The smallest absolute Gasteiger partial charge is 0.345 e. The minimum atomic E-state index is -0.367. The fourth-order valence-corrected chi connectivity index (χ4v) is 1.98. The summed E-state index contributed by atoms with van der Waals surface area (Å²) < 4.78 is 0. The number of aromatic nitrogens is 3. The Balaban J connectivity index is 2.59. The molecule has 0 fully saturated rings. The summed E-state index contributed by atoms with van der Waals surface area (Å²) in [5, 5.41) is 0.496. The van der Waals surface area contributed by atoms with Gasteiger partial charge in [-0.25, -0.2) is 14.8 Å². The summed E-state index contributed by atoms with van der Waals surface area (Å²) >= 11 is 1.34. The molecule has 0 saturated heterocycles. The van der Waals surface area contributed by atoms with Crippen molar-refractivity contribution in [3.05, 3.63) is 28.4 Å². The molecule has 72 valence electrons. The molecule has 5 nitrogen and oxygen atoms in total. The van der Waals surface area contributed by atoms with Crippen molar-refractivity contribution in [3.63, 3.8) is 0 Å². The fraction of sp³-hybridized carbons (Fsp3) is 0.125. The van der Waals surface area contributed by atoms with Gasteiger partial charge in [-0.2, -0.15) is 0 Å². The van der Waals surface area contributed by atoms with Gasteiger partial charge in [0.1, 0.15) is 0 Å². The Hall–Kier alpha value is -1.69. The third kappa shape index (κ3) is 1.51. The van der Waals surface area contributed by atoms with Crippen molar-refractivity contribution in [2.45, 2.75) is 6.92 Å². The van der Waals surface area contributed by atoms with Crippen molar-refractivity contribution in [2.75, 3.05) is 5.73 Å². The molecule has 0 aliphatic carbocycles. The maximum Gasteiger partial charge on any atom is 0.345 e. The zero-order chi connectivity index (χ0) is 10.1. The molecule has 14 heavy (non-hydrogen) atoms. The predicted molar refractivity (Wildman–Crippen MR) is 55.1 cm³/mol. The number of nitrogen functional groups attached to an aromatic ring is 1. The van der Waals surface area contributed by atoms with E-state index in [0.717, 1.165) is 10.6 Å². The molecule has 0 amide bonds. The van der Waals surface area contributed by atoms with E-state index in [4.69, 9.17) is 5.73 Å². The maximum atomic E-state index is 11.0. The Labute approximate surface area is 83.7 Å². The minimum absolute atomic E-state index is 0.367. The summed E-state index contributed by atoms with van der Waals surface area (Å²) in [5.74, 6) is 0. The molecule has 0 radical (unpaired) electrons. The maximum absolute atomic E-state index is 11.0. The van der Waals surface area contributed by atoms with Crippen molar-refractivity contribution < 1.29 is 0 Å². The molecule has 0 aliphatic heterocycles. The van der Waals surface area contributed by atoms with Gasteiger partial charge in [0.15, 0.2) is 5.13 Å². The van der Waals surface area contributed by atoms with Crippen LogP contribution in [0.25, 0.3) is 10.6 Å². The fourth-order valence-electron chi connectivity index (χ4n) is 1.17. The predicted octanol–water partition coefficient (Wildman–Crippen LogP) is 0.784. The molecule has 0 saturated carbocycles. The zero-order valence-corrected chi connectivity index (χ0v) is 8.26. The van der Waals surface area contributed by atoms with Gasteiger partial charge < -0.3 is 10.7 Å². The van der Waals surface area contributed by atoms with Gasteiger partial charge in [-0.1, -0.05) is 11.3 Å². The number of hydrogen-bond donors (Lipinski definition) is 2. The van der Waals surface area contributed by atoms with Crippen LogP contribution in [0.3, 0.4) is 0 Å². The third-order valence-corrected chi connectivity index (χ3v) is 2.75. The average molecular weight is 208 g/mol. The first-order valence-electron chi connectivity index (χ1n) is 3.95. The van der Waals surface area contributed by atoms with Gasteiger partial charge in [-0.15, -0.1) is 0 Å². The molecule has 2 heterocycles. The van der Waals surface area contributed by atoms with Crippen LogP contribution in [0, 0.1) is 6.92 Å². The largest absolute Gasteiger partial charge is 0.375 e. The molecule has 6 heteroatoms. The lowest BCUT2D eigenvalue weighted by atomic mass is 10.3. The quantitative estimate of drug-likeness (QED) is 0.725. The molecular weight excluding hydrogens is 200 g/mol. The van der Waals surface area contributed by atoms with E-state index in [1.54, 1.807) is 6.07 Å². The summed E-state index contributed by atoms with van der Waals surface area (Å²) in [7, 11) is 0. The second-order valence-electron chi connectivity index (χ2n) is 2.76. The monoisotopic (exact) mass is 208 g/mol. The SMILES string of the molecule is Cc1nc(N)sc1-c1ccnc(=O)[nH]1. The lowest BCUT2D eigenvalue weighted by molar-refractivity contribution is 1.08. The molecule has 2 aromatic heterocycles. The van der Waals surface area contributed by atoms with Crippen molar-refractivity contribution in [2.24, 2.45) is 0 Å². The summed E-state index contributed by atoms with van der Waals surface area (Å²) in [5.41, 5.74) is 6.71. The molecule has 2 rings (SSSR count). The molecule has 3 N–H and O–H groups in total. The van der Waals surface area contributed by atoms with E-state index in [9.17, 15) is 4.79 Å². The average Bonchev–Trinajstić information content (AvgIpc) is 2.45.